The van der Waals surface area contributed by atoms with Gasteiger partial charge in [0.15, 0.2) is 0 Å². The largest absolute Gasteiger partial charge is 0.380 e. The van der Waals surface area contributed by atoms with Gasteiger partial charge in [-0.05, 0) is 53.6 Å². The monoisotopic (exact) mass is 228 g/mol. The summed E-state index contributed by atoms with van der Waals surface area (Å²) >= 11 is 0. The van der Waals surface area contributed by atoms with Gasteiger partial charge in [-0.1, -0.05) is 0 Å². The highest BCUT2D eigenvalue weighted by molar-refractivity contribution is 4.72. The number of ether oxygens (including phenoxy) is 1. The molecule has 0 aromatic rings. The van der Waals surface area contributed by atoms with E-state index in [1.807, 2.05) is 0 Å². The Kier molecular flexibility index (Phi) is 6.32. The SMILES string of the molecule is CC(C)N(CCCNC1CCOC1)C(C)C. The lowest BCUT2D eigenvalue weighted by Crippen LogP contribution is -2.39. The van der Waals surface area contributed by atoms with Crippen LogP contribution in [0.1, 0.15) is 40.5 Å². The summed E-state index contributed by atoms with van der Waals surface area (Å²) in [6.45, 7) is 13.2. The van der Waals surface area contributed by atoms with Gasteiger partial charge in [0.05, 0.1) is 6.61 Å². The molecular weight excluding hydrogens is 200 g/mol. The number of hydrogen-bond donors (Lipinski definition) is 1. The summed E-state index contributed by atoms with van der Waals surface area (Å²) in [6.07, 6.45) is 2.41. The van der Waals surface area contributed by atoms with Crippen molar-refractivity contribution in [2.24, 2.45) is 0 Å². The van der Waals surface area contributed by atoms with E-state index in [1.165, 1.54) is 19.4 Å². The van der Waals surface area contributed by atoms with Gasteiger partial charge in [-0.2, -0.15) is 0 Å². The summed E-state index contributed by atoms with van der Waals surface area (Å²) in [5, 5.41) is 3.56. The molecule has 0 bridgehead atoms. The Balaban J connectivity index is 2.08. The van der Waals surface area contributed by atoms with Crippen LogP contribution in [0.2, 0.25) is 0 Å². The molecule has 1 unspecified atom stereocenters. The van der Waals surface area contributed by atoms with Crippen molar-refractivity contribution in [3.63, 3.8) is 0 Å². The molecule has 0 amide bonds. The highest BCUT2D eigenvalue weighted by Gasteiger charge is 2.15. The Labute approximate surface area is 101 Å². The van der Waals surface area contributed by atoms with E-state index in [-0.39, 0.29) is 0 Å². The van der Waals surface area contributed by atoms with Crippen LogP contribution < -0.4 is 5.32 Å². The molecule has 3 nitrogen and oxygen atoms in total. The highest BCUT2D eigenvalue weighted by atomic mass is 16.5. The van der Waals surface area contributed by atoms with Gasteiger partial charge < -0.3 is 10.1 Å². The Bertz CT molecular complexity index is 169. The zero-order valence-electron chi connectivity index (χ0n) is 11.3. The topological polar surface area (TPSA) is 24.5 Å². The molecular formula is C13H28N2O. The molecule has 16 heavy (non-hydrogen) atoms. The van der Waals surface area contributed by atoms with Crippen molar-refractivity contribution in [3.05, 3.63) is 0 Å². The molecule has 0 aromatic heterocycles. The molecule has 1 heterocycles. The van der Waals surface area contributed by atoms with Crippen molar-refractivity contribution in [3.8, 4) is 0 Å². The maximum atomic E-state index is 5.34. The van der Waals surface area contributed by atoms with Crippen LogP contribution in [0.5, 0.6) is 0 Å². The van der Waals surface area contributed by atoms with Crippen molar-refractivity contribution in [2.75, 3.05) is 26.3 Å². The average molecular weight is 228 g/mol. The second-order valence-corrected chi connectivity index (χ2v) is 5.29. The smallest absolute Gasteiger partial charge is 0.0620 e. The third-order valence-corrected chi connectivity index (χ3v) is 3.28. The Morgan fingerprint density at radius 3 is 2.44 bits per heavy atom. The summed E-state index contributed by atoms with van der Waals surface area (Å²) in [7, 11) is 0. The van der Waals surface area contributed by atoms with Crippen molar-refractivity contribution >= 4 is 0 Å². The molecule has 1 rings (SSSR count). The molecule has 0 saturated carbocycles. The van der Waals surface area contributed by atoms with Gasteiger partial charge in [0.1, 0.15) is 0 Å². The third kappa shape index (κ3) is 4.81. The lowest BCUT2D eigenvalue weighted by atomic mass is 10.2. The minimum atomic E-state index is 0.603. The van der Waals surface area contributed by atoms with Crippen LogP contribution in [0, 0.1) is 0 Å². The fourth-order valence-corrected chi connectivity index (χ4v) is 2.38. The van der Waals surface area contributed by atoms with Crippen LogP contribution in [0.4, 0.5) is 0 Å². The van der Waals surface area contributed by atoms with E-state index in [0.717, 1.165) is 19.8 Å². The molecule has 1 aliphatic rings. The third-order valence-electron chi connectivity index (χ3n) is 3.28. The van der Waals surface area contributed by atoms with Gasteiger partial charge >= 0.3 is 0 Å². The summed E-state index contributed by atoms with van der Waals surface area (Å²) in [4.78, 5) is 2.55. The first kappa shape index (κ1) is 13.9. The lowest BCUT2D eigenvalue weighted by Gasteiger charge is -2.30. The predicted molar refractivity (Wildman–Crippen MR) is 68.8 cm³/mol. The number of nitrogens with zero attached hydrogens (tertiary/aromatic N) is 1. The fraction of sp³-hybridized carbons (Fsp3) is 1.00. The van der Waals surface area contributed by atoms with Crippen LogP contribution in [0.15, 0.2) is 0 Å². The average Bonchev–Trinajstić information content (AvgIpc) is 2.68. The van der Waals surface area contributed by atoms with Crippen molar-refractivity contribution < 1.29 is 4.74 Å². The minimum Gasteiger partial charge on any atom is -0.380 e. The molecule has 3 heteroatoms. The molecule has 0 radical (unpaired) electrons. The van der Waals surface area contributed by atoms with Crippen molar-refractivity contribution in [2.45, 2.75) is 58.7 Å². The molecule has 0 aromatic carbocycles. The normalized spacial score (nSPS) is 21.6. The van der Waals surface area contributed by atoms with Crippen LogP contribution in [-0.4, -0.2) is 49.3 Å². The second-order valence-electron chi connectivity index (χ2n) is 5.29. The summed E-state index contributed by atoms with van der Waals surface area (Å²) in [5.41, 5.74) is 0. The van der Waals surface area contributed by atoms with Gasteiger partial charge in [0, 0.05) is 24.7 Å². The predicted octanol–water partition coefficient (Wildman–Crippen LogP) is 1.87. The first-order valence-electron chi connectivity index (χ1n) is 6.68. The van der Waals surface area contributed by atoms with Gasteiger partial charge in [-0.15, -0.1) is 0 Å². The van der Waals surface area contributed by atoms with Crippen LogP contribution in [0.25, 0.3) is 0 Å². The van der Waals surface area contributed by atoms with Crippen LogP contribution in [-0.2, 0) is 4.74 Å². The second kappa shape index (κ2) is 7.25. The Hall–Kier alpha value is -0.120. The van der Waals surface area contributed by atoms with Crippen LogP contribution in [0.3, 0.4) is 0 Å². The van der Waals surface area contributed by atoms with Crippen molar-refractivity contribution in [1.29, 1.82) is 0 Å². The minimum absolute atomic E-state index is 0.603. The van der Waals surface area contributed by atoms with Gasteiger partial charge in [0.25, 0.3) is 0 Å². The van der Waals surface area contributed by atoms with Gasteiger partial charge in [0.2, 0.25) is 0 Å². The fourth-order valence-electron chi connectivity index (χ4n) is 2.38. The summed E-state index contributed by atoms with van der Waals surface area (Å²) in [6, 6.07) is 1.90. The molecule has 1 aliphatic heterocycles. The maximum Gasteiger partial charge on any atom is 0.0620 e. The molecule has 0 spiro atoms. The lowest BCUT2D eigenvalue weighted by molar-refractivity contribution is 0.170. The van der Waals surface area contributed by atoms with E-state index in [2.05, 4.69) is 37.9 Å². The Morgan fingerprint density at radius 2 is 1.94 bits per heavy atom. The first-order chi connectivity index (χ1) is 7.61. The van der Waals surface area contributed by atoms with Gasteiger partial charge in [-0.3, -0.25) is 4.90 Å². The zero-order valence-corrected chi connectivity index (χ0v) is 11.3. The van der Waals surface area contributed by atoms with E-state index in [0.29, 0.717) is 18.1 Å². The molecule has 1 saturated heterocycles. The Morgan fingerprint density at radius 1 is 1.25 bits per heavy atom. The zero-order chi connectivity index (χ0) is 12.0. The van der Waals surface area contributed by atoms with Crippen molar-refractivity contribution in [1.82, 2.24) is 10.2 Å². The summed E-state index contributed by atoms with van der Waals surface area (Å²) in [5.74, 6) is 0. The van der Waals surface area contributed by atoms with E-state index in [1.54, 1.807) is 0 Å². The van der Waals surface area contributed by atoms with Gasteiger partial charge in [-0.25, -0.2) is 0 Å². The quantitative estimate of drug-likeness (QED) is 0.673. The number of rotatable bonds is 7. The first-order valence-corrected chi connectivity index (χ1v) is 6.68. The van der Waals surface area contributed by atoms with E-state index >= 15 is 0 Å². The molecule has 0 aliphatic carbocycles. The molecule has 1 atom stereocenters. The highest BCUT2D eigenvalue weighted by Crippen LogP contribution is 2.06. The molecule has 1 N–H and O–H groups in total. The standard InChI is InChI=1S/C13H28N2O/c1-11(2)15(12(3)4)8-5-7-14-13-6-9-16-10-13/h11-14H,5-10H2,1-4H3. The maximum absolute atomic E-state index is 5.34. The van der Waals surface area contributed by atoms with E-state index < -0.39 is 0 Å². The molecule has 96 valence electrons. The number of nitrogens with one attached hydrogen (secondary N) is 1. The van der Waals surface area contributed by atoms with E-state index in [9.17, 15) is 0 Å². The van der Waals surface area contributed by atoms with Crippen LogP contribution >= 0.6 is 0 Å². The van der Waals surface area contributed by atoms with E-state index in [4.69, 9.17) is 4.74 Å². The summed E-state index contributed by atoms with van der Waals surface area (Å²) < 4.78 is 5.34. The molecule has 1 fully saturated rings. The number of hydrogen-bond acceptors (Lipinski definition) is 3.